The van der Waals surface area contributed by atoms with Crippen LogP contribution in [0, 0.1) is 37.5 Å². The Morgan fingerprint density at radius 2 is 1.76 bits per heavy atom. The minimum atomic E-state index is -2.73. The van der Waals surface area contributed by atoms with E-state index in [1.807, 2.05) is 6.92 Å². The lowest BCUT2D eigenvalue weighted by molar-refractivity contribution is -0.119. The summed E-state index contributed by atoms with van der Waals surface area (Å²) in [4.78, 5) is 31.2. The van der Waals surface area contributed by atoms with E-state index in [-0.39, 0.29) is 41.6 Å². The van der Waals surface area contributed by atoms with Crippen LogP contribution in [-0.2, 0) is 16.3 Å². The van der Waals surface area contributed by atoms with Gasteiger partial charge in [-0.25, -0.2) is 18.4 Å². The fourth-order valence-corrected chi connectivity index (χ4v) is 6.76. The van der Waals surface area contributed by atoms with Crippen LogP contribution in [0.15, 0.2) is 24.4 Å². The molecular weight excluding hydrogens is 615 g/mol. The average molecular weight is 660 g/mol. The van der Waals surface area contributed by atoms with Crippen LogP contribution in [0.5, 0.6) is 0 Å². The van der Waals surface area contributed by atoms with Crippen molar-refractivity contribution >= 4 is 25.7 Å². The second-order valence-corrected chi connectivity index (χ2v) is 19.5. The summed E-state index contributed by atoms with van der Waals surface area (Å²) in [6.07, 6.45) is 2.33. The second kappa shape index (κ2) is 13.7. The molecule has 2 aliphatic carbocycles. The largest absolute Gasteiger partial charge is 0.360 e. The molecule has 250 valence electrons. The minimum Gasteiger partial charge on any atom is -0.360 e. The molecule has 3 aromatic rings. The van der Waals surface area contributed by atoms with E-state index in [0.29, 0.717) is 17.9 Å². The Kier molecular flexibility index (Phi) is 10.1. The monoisotopic (exact) mass is 659 g/mol. The first-order valence-electron chi connectivity index (χ1n) is 16.0. The molecule has 2 aliphatic rings. The summed E-state index contributed by atoms with van der Waals surface area (Å²) in [6, 6.07) is 3.19. The number of nitrogens with one attached hydrogen (secondary N) is 2. The van der Waals surface area contributed by atoms with Crippen LogP contribution >= 0.6 is 0 Å². The number of carbonyl (C=O) groups is 2. The third-order valence-corrected chi connectivity index (χ3v) is 10.6. The summed E-state index contributed by atoms with van der Waals surface area (Å²) < 4.78 is 50.9. The maximum absolute atomic E-state index is 15.5. The van der Waals surface area contributed by atoms with Gasteiger partial charge in [-0.3, -0.25) is 14.3 Å². The first-order valence-corrected chi connectivity index (χ1v) is 19.7. The van der Waals surface area contributed by atoms with Crippen molar-refractivity contribution in [1.82, 2.24) is 29.9 Å². The summed E-state index contributed by atoms with van der Waals surface area (Å²) in [5, 5.41) is 14.0. The van der Waals surface area contributed by atoms with E-state index in [9.17, 15) is 18.4 Å². The van der Waals surface area contributed by atoms with E-state index >= 15 is 4.39 Å². The number of amides is 2. The van der Waals surface area contributed by atoms with E-state index < -0.39 is 44.3 Å². The maximum atomic E-state index is 15.5. The third kappa shape index (κ3) is 7.88. The van der Waals surface area contributed by atoms with Gasteiger partial charge in [-0.2, -0.15) is 14.6 Å². The second-order valence-electron chi connectivity index (χ2n) is 13.9. The Morgan fingerprint density at radius 3 is 2.35 bits per heavy atom. The Bertz CT molecular complexity index is 1550. The van der Waals surface area contributed by atoms with E-state index in [1.165, 1.54) is 25.3 Å². The van der Waals surface area contributed by atoms with E-state index in [1.54, 1.807) is 17.7 Å². The van der Waals surface area contributed by atoms with Crippen molar-refractivity contribution in [3.05, 3.63) is 47.4 Å². The van der Waals surface area contributed by atoms with Crippen LogP contribution in [0.3, 0.4) is 0 Å². The van der Waals surface area contributed by atoms with Crippen molar-refractivity contribution < 1.29 is 27.5 Å². The Labute approximate surface area is 268 Å². The van der Waals surface area contributed by atoms with E-state index in [2.05, 4.69) is 45.5 Å². The predicted molar refractivity (Wildman–Crippen MR) is 171 cm³/mol. The number of hydrogen-bond acceptors (Lipinski definition) is 6. The van der Waals surface area contributed by atoms with Crippen LogP contribution in [0.1, 0.15) is 60.5 Å². The molecule has 0 spiro atoms. The molecular formula is C32H44F3N7O3Si. The number of nitrogens with zero attached hydrogens (tertiary/aromatic N) is 5. The highest BCUT2D eigenvalue weighted by Crippen LogP contribution is 2.51. The molecule has 0 radical (unpaired) electrons. The molecule has 3 aromatic heterocycles. The maximum Gasteiger partial charge on any atom is 0.270 e. The first kappa shape index (κ1) is 33.8. The molecule has 0 aromatic carbocycles. The van der Waals surface area contributed by atoms with Gasteiger partial charge in [0.15, 0.2) is 0 Å². The van der Waals surface area contributed by atoms with Crippen molar-refractivity contribution in [2.24, 2.45) is 17.8 Å². The van der Waals surface area contributed by atoms with Crippen molar-refractivity contribution in [2.75, 3.05) is 11.9 Å². The molecule has 1 unspecified atom stereocenters. The smallest absolute Gasteiger partial charge is 0.270 e. The molecule has 10 nitrogen and oxygen atoms in total. The van der Waals surface area contributed by atoms with Crippen LogP contribution < -0.4 is 10.6 Å². The molecule has 3 heterocycles. The highest BCUT2D eigenvalue weighted by atomic mass is 28.3. The van der Waals surface area contributed by atoms with E-state index in [4.69, 9.17) is 4.74 Å². The van der Waals surface area contributed by atoms with Gasteiger partial charge in [-0.15, -0.1) is 0 Å². The summed E-state index contributed by atoms with van der Waals surface area (Å²) >= 11 is 0. The fourth-order valence-electron chi connectivity index (χ4n) is 6.00. The predicted octanol–water partition coefficient (Wildman–Crippen LogP) is 6.21. The Morgan fingerprint density at radius 1 is 1.09 bits per heavy atom. The van der Waals surface area contributed by atoms with Gasteiger partial charge in [0.25, 0.3) is 12.3 Å². The van der Waals surface area contributed by atoms with Crippen LogP contribution in [0.25, 0.3) is 11.1 Å². The normalized spacial score (nSPS) is 16.6. The number of carbonyl (C=O) groups excluding carboxylic acids is 2. The number of alkyl halides is 2. The number of hydrogen-bond donors (Lipinski definition) is 2. The number of anilines is 1. The van der Waals surface area contributed by atoms with Crippen LogP contribution in [0.2, 0.25) is 25.7 Å². The van der Waals surface area contributed by atoms with Gasteiger partial charge in [0.1, 0.15) is 30.3 Å². The van der Waals surface area contributed by atoms with Gasteiger partial charge in [0.05, 0.1) is 5.69 Å². The van der Waals surface area contributed by atoms with Crippen LogP contribution in [-0.4, -0.2) is 63.5 Å². The van der Waals surface area contributed by atoms with Gasteiger partial charge in [0, 0.05) is 37.7 Å². The lowest BCUT2D eigenvalue weighted by Crippen LogP contribution is -2.50. The van der Waals surface area contributed by atoms with Crippen molar-refractivity contribution in [3.8, 4) is 11.1 Å². The quantitative estimate of drug-likeness (QED) is 0.114. The lowest BCUT2D eigenvalue weighted by Gasteiger charge is -2.27. The zero-order valence-electron chi connectivity index (χ0n) is 27.3. The number of aromatic nitrogens is 5. The molecule has 2 atom stereocenters. The molecule has 0 saturated heterocycles. The number of halogens is 3. The van der Waals surface area contributed by atoms with Crippen LogP contribution in [0.4, 0.5) is 19.0 Å². The summed E-state index contributed by atoms with van der Waals surface area (Å²) in [7, 11) is -1.23. The Hall–Kier alpha value is -3.52. The molecule has 14 heteroatoms. The molecule has 0 aliphatic heterocycles. The average Bonchev–Trinajstić information content (AvgIpc) is 3.92. The van der Waals surface area contributed by atoms with Crippen molar-refractivity contribution in [3.63, 3.8) is 0 Å². The SMILES string of the molecule is Cc1nn(COCC[Si](C)(C)C)c(C)c1-c1ccc(NC(=O)[C@@H](NC(=O)c2ccnn2C(C)C(F)F)C(C2CC2)C2CC2)nc1F. The molecule has 2 N–H and O–H groups in total. The molecule has 2 saturated carbocycles. The molecule has 46 heavy (non-hydrogen) atoms. The highest BCUT2D eigenvalue weighted by Gasteiger charge is 2.48. The zero-order chi connectivity index (χ0) is 33.3. The summed E-state index contributed by atoms with van der Waals surface area (Å²) in [5.74, 6) is -1.55. The minimum absolute atomic E-state index is 0.00425. The van der Waals surface area contributed by atoms with Gasteiger partial charge in [0.2, 0.25) is 11.9 Å². The van der Waals surface area contributed by atoms with Gasteiger partial charge < -0.3 is 15.4 Å². The first-order chi connectivity index (χ1) is 21.7. The van der Waals surface area contributed by atoms with Gasteiger partial charge >= 0.3 is 0 Å². The van der Waals surface area contributed by atoms with Crippen molar-refractivity contribution in [1.29, 1.82) is 0 Å². The molecule has 0 bridgehead atoms. The number of ether oxygens (including phenoxy) is 1. The van der Waals surface area contributed by atoms with Crippen molar-refractivity contribution in [2.45, 2.75) is 97.4 Å². The third-order valence-electron chi connectivity index (χ3n) is 8.90. The van der Waals surface area contributed by atoms with E-state index in [0.717, 1.165) is 42.1 Å². The number of aryl methyl sites for hydroxylation is 1. The number of pyridine rings is 1. The zero-order valence-corrected chi connectivity index (χ0v) is 28.3. The fraction of sp³-hybridized carbons (Fsp3) is 0.594. The standard InChI is InChI=1S/C32H44F3N7O3Si/c1-18-26(19(2)41(40-18)17-45-15-16-46(4,5)6)23-11-12-25(37-30(23)35)38-32(44)28(27(21-7-8-21)22-9-10-22)39-31(43)24-13-14-36-42(24)20(3)29(33)34/h11-14,20-22,27-29H,7-10,15-17H2,1-6H3,(H,39,43)(H,37,38,44)/t20?,28-/m0/s1. The summed E-state index contributed by atoms with van der Waals surface area (Å²) in [6.45, 7) is 12.7. The van der Waals surface area contributed by atoms with Gasteiger partial charge in [-0.1, -0.05) is 19.6 Å². The molecule has 2 fully saturated rings. The highest BCUT2D eigenvalue weighted by molar-refractivity contribution is 6.76. The topological polar surface area (TPSA) is 116 Å². The Balaban J connectivity index is 1.32. The number of rotatable bonds is 15. The lowest BCUT2D eigenvalue weighted by atomic mass is 9.88. The summed E-state index contributed by atoms with van der Waals surface area (Å²) in [5.41, 5.74) is 2.17. The van der Waals surface area contributed by atoms with Gasteiger partial charge in [-0.05, 0) is 88.5 Å². The molecule has 5 rings (SSSR count). The molecule has 2 amide bonds.